The Bertz CT molecular complexity index is 436. The minimum absolute atomic E-state index is 0.0540. The lowest BCUT2D eigenvalue weighted by molar-refractivity contribution is -0.141. The van der Waals surface area contributed by atoms with Crippen molar-refractivity contribution in [1.29, 1.82) is 5.26 Å². The van der Waals surface area contributed by atoms with E-state index in [9.17, 15) is 13.2 Å². The molecule has 0 amide bonds. The topological polar surface area (TPSA) is 74.7 Å². The predicted octanol–water partition coefficient (Wildman–Crippen LogP) is 1.73. The van der Waals surface area contributed by atoms with E-state index in [0.717, 1.165) is 12.1 Å². The van der Waals surface area contributed by atoms with E-state index in [4.69, 9.17) is 11.0 Å². The Morgan fingerprint density at radius 3 is 2.65 bits per heavy atom. The number of rotatable bonds is 3. The van der Waals surface area contributed by atoms with Crippen LogP contribution in [0.5, 0.6) is 0 Å². The first-order chi connectivity index (χ1) is 7.88. The fourth-order valence-corrected chi connectivity index (χ4v) is 1.11. The van der Waals surface area contributed by atoms with E-state index in [0.29, 0.717) is 0 Å². The molecule has 1 heterocycles. The molecule has 3 N–H and O–H groups in total. The van der Waals surface area contributed by atoms with Crippen molar-refractivity contribution in [3.8, 4) is 6.07 Å². The zero-order valence-corrected chi connectivity index (χ0v) is 9.04. The standard InChI is InChI=1S/C10H11F3N4/c1-6(4-14)16-9-7(5-15)2-3-8(17-9)10(11,12)13/h2-3,6H,4,14H2,1H3,(H,16,17). The number of anilines is 1. The summed E-state index contributed by atoms with van der Waals surface area (Å²) >= 11 is 0. The van der Waals surface area contributed by atoms with Gasteiger partial charge in [-0.25, -0.2) is 4.98 Å². The first-order valence-electron chi connectivity index (χ1n) is 4.83. The molecule has 0 saturated heterocycles. The van der Waals surface area contributed by atoms with Crippen molar-refractivity contribution in [2.24, 2.45) is 5.73 Å². The molecule has 1 aromatic heterocycles. The molecule has 0 bridgehead atoms. The van der Waals surface area contributed by atoms with Crippen molar-refractivity contribution < 1.29 is 13.2 Å². The summed E-state index contributed by atoms with van der Waals surface area (Å²) < 4.78 is 37.3. The summed E-state index contributed by atoms with van der Waals surface area (Å²) in [4.78, 5) is 3.39. The molecular weight excluding hydrogens is 233 g/mol. The van der Waals surface area contributed by atoms with Crippen LogP contribution in [0.25, 0.3) is 0 Å². The largest absolute Gasteiger partial charge is 0.433 e. The van der Waals surface area contributed by atoms with Crippen LogP contribution in [-0.2, 0) is 6.18 Å². The second kappa shape index (κ2) is 5.01. The molecule has 1 aromatic rings. The quantitative estimate of drug-likeness (QED) is 0.849. The Labute approximate surface area is 96.3 Å². The lowest BCUT2D eigenvalue weighted by Gasteiger charge is -2.14. The maximum Gasteiger partial charge on any atom is 0.433 e. The third-order valence-electron chi connectivity index (χ3n) is 2.04. The van der Waals surface area contributed by atoms with E-state index in [-0.39, 0.29) is 24.0 Å². The number of nitrogens with one attached hydrogen (secondary N) is 1. The van der Waals surface area contributed by atoms with Crippen molar-refractivity contribution in [3.05, 3.63) is 23.4 Å². The van der Waals surface area contributed by atoms with Gasteiger partial charge in [0.25, 0.3) is 0 Å². The van der Waals surface area contributed by atoms with Gasteiger partial charge in [-0.2, -0.15) is 18.4 Å². The minimum atomic E-state index is -4.53. The molecule has 7 heteroatoms. The van der Waals surface area contributed by atoms with Crippen molar-refractivity contribution >= 4 is 5.82 Å². The van der Waals surface area contributed by atoms with Crippen LogP contribution in [0, 0.1) is 11.3 Å². The van der Waals surface area contributed by atoms with Crippen LogP contribution < -0.4 is 11.1 Å². The van der Waals surface area contributed by atoms with Gasteiger partial charge in [0.1, 0.15) is 17.6 Å². The number of pyridine rings is 1. The first-order valence-corrected chi connectivity index (χ1v) is 4.83. The summed E-state index contributed by atoms with van der Waals surface area (Å²) in [5, 5.41) is 11.4. The summed E-state index contributed by atoms with van der Waals surface area (Å²) in [5.74, 6) is -0.0970. The van der Waals surface area contributed by atoms with Crippen LogP contribution in [-0.4, -0.2) is 17.6 Å². The highest BCUT2D eigenvalue weighted by Crippen LogP contribution is 2.29. The van der Waals surface area contributed by atoms with Gasteiger partial charge in [-0.3, -0.25) is 0 Å². The molecule has 0 saturated carbocycles. The summed E-state index contributed by atoms with van der Waals surface area (Å²) in [6.45, 7) is 1.91. The lowest BCUT2D eigenvalue weighted by atomic mass is 10.2. The molecular formula is C10H11F3N4. The van der Waals surface area contributed by atoms with Crippen LogP contribution in [0.1, 0.15) is 18.2 Å². The Morgan fingerprint density at radius 1 is 1.53 bits per heavy atom. The maximum absolute atomic E-state index is 12.4. The molecule has 0 spiro atoms. The van der Waals surface area contributed by atoms with Gasteiger partial charge in [0.15, 0.2) is 0 Å². The summed E-state index contributed by atoms with van der Waals surface area (Å²) in [6.07, 6.45) is -4.53. The number of aromatic nitrogens is 1. The SMILES string of the molecule is CC(CN)Nc1nc(C(F)(F)F)ccc1C#N. The maximum atomic E-state index is 12.4. The second-order valence-electron chi connectivity index (χ2n) is 3.48. The van der Waals surface area contributed by atoms with Crippen LogP contribution in [0.15, 0.2) is 12.1 Å². The number of nitriles is 1. The van der Waals surface area contributed by atoms with Gasteiger partial charge in [0.05, 0.1) is 5.56 Å². The Kier molecular flexibility index (Phi) is 3.91. The smallest absolute Gasteiger partial charge is 0.365 e. The molecule has 0 radical (unpaired) electrons. The lowest BCUT2D eigenvalue weighted by Crippen LogP contribution is -2.26. The highest BCUT2D eigenvalue weighted by Gasteiger charge is 2.33. The molecule has 0 fully saturated rings. The Morgan fingerprint density at radius 2 is 2.18 bits per heavy atom. The van der Waals surface area contributed by atoms with Gasteiger partial charge in [-0.1, -0.05) is 0 Å². The molecule has 1 rings (SSSR count). The van der Waals surface area contributed by atoms with E-state index in [1.54, 1.807) is 13.0 Å². The van der Waals surface area contributed by atoms with E-state index in [1.807, 2.05) is 0 Å². The molecule has 0 aromatic carbocycles. The molecule has 17 heavy (non-hydrogen) atoms. The van der Waals surface area contributed by atoms with E-state index >= 15 is 0 Å². The summed E-state index contributed by atoms with van der Waals surface area (Å²) in [6, 6.07) is 3.36. The minimum Gasteiger partial charge on any atom is -0.365 e. The average molecular weight is 244 g/mol. The van der Waals surface area contributed by atoms with Gasteiger partial charge in [0, 0.05) is 12.6 Å². The predicted molar refractivity (Wildman–Crippen MR) is 56.1 cm³/mol. The van der Waals surface area contributed by atoms with Crippen LogP contribution in [0.3, 0.4) is 0 Å². The van der Waals surface area contributed by atoms with Crippen LogP contribution in [0.4, 0.5) is 19.0 Å². The summed E-state index contributed by atoms with van der Waals surface area (Å²) in [5.41, 5.74) is 4.36. The molecule has 0 aliphatic heterocycles. The zero-order valence-electron chi connectivity index (χ0n) is 9.04. The number of nitrogens with zero attached hydrogens (tertiary/aromatic N) is 2. The third-order valence-corrected chi connectivity index (χ3v) is 2.04. The van der Waals surface area contributed by atoms with E-state index in [2.05, 4.69) is 10.3 Å². The normalized spacial score (nSPS) is 12.9. The molecule has 0 aliphatic rings. The Hall–Kier alpha value is -1.81. The highest BCUT2D eigenvalue weighted by atomic mass is 19.4. The van der Waals surface area contributed by atoms with E-state index in [1.165, 1.54) is 0 Å². The molecule has 4 nitrogen and oxygen atoms in total. The van der Waals surface area contributed by atoms with Crippen molar-refractivity contribution in [2.75, 3.05) is 11.9 Å². The van der Waals surface area contributed by atoms with Gasteiger partial charge in [-0.05, 0) is 19.1 Å². The number of halogens is 3. The fraction of sp³-hybridized carbons (Fsp3) is 0.400. The number of hydrogen-bond donors (Lipinski definition) is 2. The molecule has 1 unspecified atom stereocenters. The monoisotopic (exact) mass is 244 g/mol. The molecule has 92 valence electrons. The first kappa shape index (κ1) is 13.3. The van der Waals surface area contributed by atoms with Gasteiger partial charge >= 0.3 is 6.18 Å². The third kappa shape index (κ3) is 3.32. The molecule has 1 atom stereocenters. The van der Waals surface area contributed by atoms with Crippen molar-refractivity contribution in [3.63, 3.8) is 0 Å². The van der Waals surface area contributed by atoms with Gasteiger partial charge in [-0.15, -0.1) is 0 Å². The highest BCUT2D eigenvalue weighted by molar-refractivity contribution is 5.53. The zero-order chi connectivity index (χ0) is 13.1. The van der Waals surface area contributed by atoms with Crippen molar-refractivity contribution in [1.82, 2.24) is 4.98 Å². The number of alkyl halides is 3. The number of hydrogen-bond acceptors (Lipinski definition) is 4. The van der Waals surface area contributed by atoms with Crippen molar-refractivity contribution in [2.45, 2.75) is 19.1 Å². The number of nitrogens with two attached hydrogens (primary N) is 1. The van der Waals surface area contributed by atoms with Crippen LogP contribution >= 0.6 is 0 Å². The Balaban J connectivity index is 3.12. The fourth-order valence-electron chi connectivity index (χ4n) is 1.11. The van der Waals surface area contributed by atoms with Crippen LogP contribution in [0.2, 0.25) is 0 Å². The van der Waals surface area contributed by atoms with Gasteiger partial charge in [0.2, 0.25) is 0 Å². The van der Waals surface area contributed by atoms with E-state index < -0.39 is 11.9 Å². The molecule has 0 aliphatic carbocycles. The van der Waals surface area contributed by atoms with Gasteiger partial charge < -0.3 is 11.1 Å². The second-order valence-corrected chi connectivity index (χ2v) is 3.48. The summed E-state index contributed by atoms with van der Waals surface area (Å²) in [7, 11) is 0. The average Bonchev–Trinajstić information content (AvgIpc) is 2.27.